The summed E-state index contributed by atoms with van der Waals surface area (Å²) < 4.78 is 0. The normalized spacial score (nSPS) is 10.2. The van der Waals surface area contributed by atoms with Crippen molar-refractivity contribution in [2.24, 2.45) is 5.73 Å². The highest BCUT2D eigenvalue weighted by atomic mass is 32.2. The smallest absolute Gasteiger partial charge is 0.313 e. The lowest BCUT2D eigenvalue weighted by Crippen LogP contribution is -2.14. The van der Waals surface area contributed by atoms with Gasteiger partial charge in [0.25, 0.3) is 5.91 Å². The number of thioether (sulfide) groups is 1. The molecular weight excluding hydrogens is 278 g/mol. The number of benzene rings is 1. The molecule has 0 atom stereocenters. The summed E-state index contributed by atoms with van der Waals surface area (Å²) >= 11 is 1.01. The molecule has 0 aliphatic heterocycles. The number of rotatable bonds is 5. The lowest BCUT2D eigenvalue weighted by atomic mass is 10.2. The Morgan fingerprint density at radius 1 is 1.20 bits per heavy atom. The topological polar surface area (TPSA) is 106 Å². The van der Waals surface area contributed by atoms with Crippen LogP contribution in [0, 0.1) is 0 Å². The number of aromatic nitrogens is 2. The summed E-state index contributed by atoms with van der Waals surface area (Å²) in [6, 6.07) is 10.5. The first-order valence-corrected chi connectivity index (χ1v) is 6.63. The Morgan fingerprint density at radius 3 is 2.50 bits per heavy atom. The molecule has 1 aromatic carbocycles. The van der Waals surface area contributed by atoms with Crippen molar-refractivity contribution in [2.45, 2.75) is 5.03 Å². The Balaban J connectivity index is 2.41. The van der Waals surface area contributed by atoms with Crippen LogP contribution in [0.1, 0.15) is 10.5 Å². The minimum absolute atomic E-state index is 0.0618. The van der Waals surface area contributed by atoms with E-state index in [9.17, 15) is 9.59 Å². The van der Waals surface area contributed by atoms with E-state index in [1.807, 2.05) is 18.2 Å². The molecule has 3 N–H and O–H groups in total. The maximum Gasteiger partial charge on any atom is 0.313 e. The molecule has 1 aromatic heterocycles. The van der Waals surface area contributed by atoms with Crippen LogP contribution in [-0.4, -0.2) is 32.7 Å². The van der Waals surface area contributed by atoms with Gasteiger partial charge in [-0.05, 0) is 0 Å². The van der Waals surface area contributed by atoms with Crippen LogP contribution >= 0.6 is 11.8 Å². The highest BCUT2D eigenvalue weighted by Crippen LogP contribution is 2.21. The molecule has 6 nitrogen and oxygen atoms in total. The van der Waals surface area contributed by atoms with Crippen molar-refractivity contribution in [1.82, 2.24) is 9.97 Å². The van der Waals surface area contributed by atoms with Crippen LogP contribution in [0.25, 0.3) is 11.4 Å². The first-order chi connectivity index (χ1) is 9.56. The molecule has 0 aliphatic rings. The molecule has 0 bridgehead atoms. The van der Waals surface area contributed by atoms with Gasteiger partial charge in [0, 0.05) is 11.6 Å². The summed E-state index contributed by atoms with van der Waals surface area (Å²) in [4.78, 5) is 30.2. The molecule has 102 valence electrons. The number of carbonyl (C=O) groups is 2. The molecule has 1 amide bonds. The third-order valence-corrected chi connectivity index (χ3v) is 3.23. The number of hydrogen-bond acceptors (Lipinski definition) is 5. The fraction of sp³-hybridized carbons (Fsp3) is 0.0769. The van der Waals surface area contributed by atoms with E-state index in [0.29, 0.717) is 10.9 Å². The number of primary amides is 1. The molecule has 0 fully saturated rings. The van der Waals surface area contributed by atoms with Crippen molar-refractivity contribution in [1.29, 1.82) is 0 Å². The van der Waals surface area contributed by atoms with Crippen molar-refractivity contribution in [3.63, 3.8) is 0 Å². The van der Waals surface area contributed by atoms with E-state index in [2.05, 4.69) is 9.97 Å². The van der Waals surface area contributed by atoms with E-state index in [1.165, 1.54) is 6.07 Å². The first kappa shape index (κ1) is 14.0. The fourth-order valence-electron chi connectivity index (χ4n) is 1.48. The Labute approximate surface area is 119 Å². The average Bonchev–Trinajstić information content (AvgIpc) is 2.45. The number of carboxylic acids is 1. The zero-order valence-corrected chi connectivity index (χ0v) is 11.1. The van der Waals surface area contributed by atoms with Gasteiger partial charge in [-0.25, -0.2) is 9.97 Å². The van der Waals surface area contributed by atoms with Gasteiger partial charge < -0.3 is 10.8 Å². The van der Waals surface area contributed by atoms with E-state index in [1.54, 1.807) is 12.1 Å². The van der Waals surface area contributed by atoms with Crippen LogP contribution in [0.4, 0.5) is 0 Å². The maximum atomic E-state index is 11.3. The SMILES string of the molecule is NC(=O)c1cc(SCC(=O)O)nc(-c2ccccc2)n1. The molecule has 20 heavy (non-hydrogen) atoms. The van der Waals surface area contributed by atoms with Gasteiger partial charge in [-0.1, -0.05) is 42.1 Å². The van der Waals surface area contributed by atoms with E-state index >= 15 is 0 Å². The lowest BCUT2D eigenvalue weighted by molar-refractivity contribution is -0.133. The predicted molar refractivity (Wildman–Crippen MR) is 74.3 cm³/mol. The van der Waals surface area contributed by atoms with Gasteiger partial charge in [-0.15, -0.1) is 0 Å². The zero-order chi connectivity index (χ0) is 14.5. The van der Waals surface area contributed by atoms with Crippen LogP contribution in [0.2, 0.25) is 0 Å². The van der Waals surface area contributed by atoms with E-state index < -0.39 is 11.9 Å². The summed E-state index contributed by atoms with van der Waals surface area (Å²) in [6.45, 7) is 0. The third kappa shape index (κ3) is 3.55. The van der Waals surface area contributed by atoms with Crippen LogP contribution in [0.5, 0.6) is 0 Å². The largest absolute Gasteiger partial charge is 0.481 e. The van der Waals surface area contributed by atoms with Crippen molar-refractivity contribution < 1.29 is 14.7 Å². The molecular formula is C13H11N3O3S. The van der Waals surface area contributed by atoms with Gasteiger partial charge in [0.05, 0.1) is 5.75 Å². The molecule has 7 heteroatoms. The van der Waals surface area contributed by atoms with Gasteiger partial charge in [0.1, 0.15) is 10.7 Å². The molecule has 2 aromatic rings. The summed E-state index contributed by atoms with van der Waals surface area (Å²) in [6.07, 6.45) is 0. The number of amides is 1. The van der Waals surface area contributed by atoms with Crippen molar-refractivity contribution in [3.05, 3.63) is 42.1 Å². The minimum atomic E-state index is -0.963. The number of nitrogens with zero attached hydrogens (tertiary/aromatic N) is 2. The van der Waals surface area contributed by atoms with Crippen LogP contribution < -0.4 is 5.73 Å². The molecule has 1 heterocycles. The number of carboxylic acid groups (broad SMARTS) is 1. The van der Waals surface area contributed by atoms with Gasteiger partial charge in [0.2, 0.25) is 0 Å². The Morgan fingerprint density at radius 2 is 1.90 bits per heavy atom. The van der Waals surface area contributed by atoms with Crippen LogP contribution in [0.15, 0.2) is 41.4 Å². The van der Waals surface area contributed by atoms with Crippen molar-refractivity contribution in [2.75, 3.05) is 5.75 Å². The van der Waals surface area contributed by atoms with Gasteiger partial charge in [-0.3, -0.25) is 9.59 Å². The van der Waals surface area contributed by atoms with E-state index in [-0.39, 0.29) is 11.4 Å². The molecule has 0 unspecified atom stereocenters. The summed E-state index contributed by atoms with van der Waals surface area (Å²) in [5.74, 6) is -1.45. The van der Waals surface area contributed by atoms with Gasteiger partial charge in [-0.2, -0.15) is 0 Å². The molecule has 0 radical (unpaired) electrons. The molecule has 0 saturated carbocycles. The van der Waals surface area contributed by atoms with Crippen molar-refractivity contribution in [3.8, 4) is 11.4 Å². The highest BCUT2D eigenvalue weighted by molar-refractivity contribution is 7.99. The number of aliphatic carboxylic acids is 1. The van der Waals surface area contributed by atoms with Crippen LogP contribution in [-0.2, 0) is 4.79 Å². The van der Waals surface area contributed by atoms with Crippen LogP contribution in [0.3, 0.4) is 0 Å². The second-order valence-electron chi connectivity index (χ2n) is 3.83. The minimum Gasteiger partial charge on any atom is -0.481 e. The second kappa shape index (κ2) is 6.16. The molecule has 2 rings (SSSR count). The van der Waals surface area contributed by atoms with E-state index in [0.717, 1.165) is 17.3 Å². The predicted octanol–water partition coefficient (Wildman–Crippen LogP) is 1.42. The average molecular weight is 289 g/mol. The number of carbonyl (C=O) groups excluding carboxylic acids is 1. The quantitative estimate of drug-likeness (QED) is 0.637. The maximum absolute atomic E-state index is 11.3. The highest BCUT2D eigenvalue weighted by Gasteiger charge is 2.11. The van der Waals surface area contributed by atoms with E-state index in [4.69, 9.17) is 10.8 Å². The third-order valence-electron chi connectivity index (χ3n) is 2.33. The zero-order valence-electron chi connectivity index (χ0n) is 10.3. The number of nitrogens with two attached hydrogens (primary N) is 1. The Bertz CT molecular complexity index is 647. The standard InChI is InChI=1S/C13H11N3O3S/c14-12(19)9-6-10(20-7-11(17)18)16-13(15-9)8-4-2-1-3-5-8/h1-6H,7H2,(H2,14,19)(H,17,18). The second-order valence-corrected chi connectivity index (χ2v) is 4.82. The first-order valence-electron chi connectivity index (χ1n) is 5.65. The Hall–Kier alpha value is -2.41. The molecule has 0 spiro atoms. The lowest BCUT2D eigenvalue weighted by Gasteiger charge is -2.05. The van der Waals surface area contributed by atoms with Crippen molar-refractivity contribution >= 4 is 23.6 Å². The van der Waals surface area contributed by atoms with Gasteiger partial charge in [0.15, 0.2) is 5.82 Å². The summed E-state index contributed by atoms with van der Waals surface area (Å²) in [5, 5.41) is 9.08. The molecule has 0 saturated heterocycles. The van der Waals surface area contributed by atoms with Gasteiger partial charge >= 0.3 is 5.97 Å². The summed E-state index contributed by atoms with van der Waals surface area (Å²) in [5.41, 5.74) is 6.02. The Kier molecular flexibility index (Phi) is 4.31. The molecule has 0 aliphatic carbocycles. The number of hydrogen-bond donors (Lipinski definition) is 2. The summed E-state index contributed by atoms with van der Waals surface area (Å²) in [7, 11) is 0. The fourth-order valence-corrected chi connectivity index (χ4v) is 2.09. The monoisotopic (exact) mass is 289 g/mol.